The Bertz CT molecular complexity index is 1050. The van der Waals surface area contributed by atoms with Crippen molar-refractivity contribution in [3.8, 4) is 17.2 Å². The number of benzene rings is 3. The summed E-state index contributed by atoms with van der Waals surface area (Å²) in [5.41, 5.74) is 3.28. The van der Waals surface area contributed by atoms with Gasteiger partial charge >= 0.3 is 0 Å². The molecule has 0 bridgehead atoms. The number of fused-ring (bicyclic) bond motifs is 3. The Kier molecular flexibility index (Phi) is 2.70. The van der Waals surface area contributed by atoms with E-state index in [2.05, 4.69) is 11.1 Å². The van der Waals surface area contributed by atoms with Crippen LogP contribution >= 0.6 is 0 Å². The van der Waals surface area contributed by atoms with E-state index in [9.17, 15) is 4.39 Å². The van der Waals surface area contributed by atoms with E-state index in [1.165, 1.54) is 6.07 Å². The molecule has 0 aliphatic carbocycles. The lowest BCUT2D eigenvalue weighted by Crippen LogP contribution is -1.89. The fourth-order valence-corrected chi connectivity index (χ4v) is 2.86. The molecule has 3 heteroatoms. The molecule has 0 saturated heterocycles. The second kappa shape index (κ2) is 4.71. The molecule has 4 rings (SSSR count). The van der Waals surface area contributed by atoms with Gasteiger partial charge in [-0.25, -0.2) is 4.39 Å². The van der Waals surface area contributed by atoms with Crippen molar-refractivity contribution in [3.63, 3.8) is 0 Å². The third kappa shape index (κ3) is 1.78. The van der Waals surface area contributed by atoms with Gasteiger partial charge in [-0.1, -0.05) is 42.5 Å². The van der Waals surface area contributed by atoms with Gasteiger partial charge in [0.1, 0.15) is 11.9 Å². The molecule has 1 aromatic heterocycles. The number of hydrogen-bond donors (Lipinski definition) is 1. The molecule has 104 valence electrons. The van der Waals surface area contributed by atoms with E-state index >= 15 is 0 Å². The molecule has 0 radical (unpaired) electrons. The van der Waals surface area contributed by atoms with Crippen molar-refractivity contribution < 1.29 is 4.39 Å². The van der Waals surface area contributed by atoms with Crippen LogP contribution in [0.4, 0.5) is 4.39 Å². The summed E-state index contributed by atoms with van der Waals surface area (Å²) in [7, 11) is 0. The molecule has 0 saturated carbocycles. The summed E-state index contributed by atoms with van der Waals surface area (Å²) in [5, 5.41) is 11.2. The van der Waals surface area contributed by atoms with Gasteiger partial charge in [-0.15, -0.1) is 0 Å². The van der Waals surface area contributed by atoms with Crippen molar-refractivity contribution in [1.82, 2.24) is 4.98 Å². The molecule has 0 aliphatic rings. The van der Waals surface area contributed by atoms with Crippen molar-refractivity contribution in [2.45, 2.75) is 0 Å². The summed E-state index contributed by atoms with van der Waals surface area (Å²) in [4.78, 5) is 3.35. The Morgan fingerprint density at radius 3 is 2.55 bits per heavy atom. The highest BCUT2D eigenvalue weighted by Crippen LogP contribution is 2.31. The Balaban J connectivity index is 1.97. The van der Waals surface area contributed by atoms with Gasteiger partial charge in [-0.3, -0.25) is 0 Å². The largest absolute Gasteiger partial charge is 0.354 e. The predicted molar refractivity (Wildman–Crippen MR) is 85.9 cm³/mol. The van der Waals surface area contributed by atoms with Crippen molar-refractivity contribution >= 4 is 21.8 Å². The molecule has 4 aromatic rings. The number of nitriles is 1. The molecule has 1 N–H and O–H groups in total. The molecule has 1 heterocycles. The molecular weight excluding hydrogens is 275 g/mol. The van der Waals surface area contributed by atoms with Crippen molar-refractivity contribution in [1.29, 1.82) is 5.26 Å². The zero-order valence-corrected chi connectivity index (χ0v) is 11.6. The van der Waals surface area contributed by atoms with E-state index in [-0.39, 0.29) is 5.56 Å². The SMILES string of the molecule is N#Cc1cccc(-c2ccc3c(c2)[nH]c2ccccc23)c1F. The quantitative estimate of drug-likeness (QED) is 0.525. The smallest absolute Gasteiger partial charge is 0.148 e. The molecular formula is C19H11FN2. The van der Waals surface area contributed by atoms with Crippen LogP contribution in [0.15, 0.2) is 60.7 Å². The number of nitrogens with one attached hydrogen (secondary N) is 1. The van der Waals surface area contributed by atoms with Gasteiger partial charge in [0.05, 0.1) is 5.56 Å². The predicted octanol–water partition coefficient (Wildman–Crippen LogP) is 5.00. The van der Waals surface area contributed by atoms with E-state index in [1.54, 1.807) is 12.1 Å². The van der Waals surface area contributed by atoms with E-state index in [4.69, 9.17) is 5.26 Å². The Hall–Kier alpha value is -3.12. The number of aromatic nitrogens is 1. The molecule has 2 nitrogen and oxygen atoms in total. The fraction of sp³-hybridized carbons (Fsp3) is 0. The normalized spacial score (nSPS) is 10.9. The summed E-state index contributed by atoms with van der Waals surface area (Å²) in [6, 6.07) is 20.6. The highest BCUT2D eigenvalue weighted by Gasteiger charge is 2.11. The van der Waals surface area contributed by atoms with Gasteiger partial charge in [-0.05, 0) is 23.8 Å². The number of H-pyrrole nitrogens is 1. The zero-order chi connectivity index (χ0) is 15.1. The van der Waals surface area contributed by atoms with Gasteiger partial charge in [0.15, 0.2) is 0 Å². The number of nitrogens with zero attached hydrogens (tertiary/aromatic N) is 1. The molecule has 0 aliphatic heterocycles. The van der Waals surface area contributed by atoms with Crippen LogP contribution in [-0.4, -0.2) is 4.98 Å². The first kappa shape index (κ1) is 12.6. The van der Waals surface area contributed by atoms with Crippen LogP contribution in [-0.2, 0) is 0 Å². The summed E-state index contributed by atoms with van der Waals surface area (Å²) in [6.07, 6.45) is 0. The molecule has 0 spiro atoms. The lowest BCUT2D eigenvalue weighted by Gasteiger charge is -2.05. The lowest BCUT2D eigenvalue weighted by atomic mass is 10.0. The molecule has 0 fully saturated rings. The molecule has 0 unspecified atom stereocenters. The monoisotopic (exact) mass is 286 g/mol. The maximum absolute atomic E-state index is 14.3. The van der Waals surface area contributed by atoms with Crippen LogP contribution in [0.3, 0.4) is 0 Å². The van der Waals surface area contributed by atoms with Crippen molar-refractivity contribution in [2.75, 3.05) is 0 Å². The number of aromatic amines is 1. The molecule has 22 heavy (non-hydrogen) atoms. The van der Waals surface area contributed by atoms with Crippen LogP contribution < -0.4 is 0 Å². The first-order chi connectivity index (χ1) is 10.8. The third-order valence-electron chi connectivity index (χ3n) is 3.94. The Morgan fingerprint density at radius 2 is 1.68 bits per heavy atom. The Morgan fingerprint density at radius 1 is 0.864 bits per heavy atom. The number of hydrogen-bond acceptors (Lipinski definition) is 1. The molecule has 0 atom stereocenters. The molecule has 3 aromatic carbocycles. The maximum atomic E-state index is 14.3. The number of halogens is 1. The topological polar surface area (TPSA) is 39.6 Å². The van der Waals surface area contributed by atoms with Crippen molar-refractivity contribution in [3.05, 3.63) is 72.0 Å². The average Bonchev–Trinajstić information content (AvgIpc) is 2.92. The van der Waals surface area contributed by atoms with Gasteiger partial charge in [-0.2, -0.15) is 5.26 Å². The van der Waals surface area contributed by atoms with Crippen LogP contribution in [0.2, 0.25) is 0 Å². The van der Waals surface area contributed by atoms with Crippen LogP contribution in [0.5, 0.6) is 0 Å². The van der Waals surface area contributed by atoms with E-state index in [0.717, 1.165) is 27.4 Å². The highest BCUT2D eigenvalue weighted by molar-refractivity contribution is 6.08. The van der Waals surface area contributed by atoms with Crippen LogP contribution in [0, 0.1) is 17.1 Å². The van der Waals surface area contributed by atoms with Gasteiger partial charge in [0.2, 0.25) is 0 Å². The lowest BCUT2D eigenvalue weighted by molar-refractivity contribution is 0.627. The maximum Gasteiger partial charge on any atom is 0.148 e. The summed E-state index contributed by atoms with van der Waals surface area (Å²) < 4.78 is 14.3. The minimum Gasteiger partial charge on any atom is -0.354 e. The van der Waals surface area contributed by atoms with Crippen LogP contribution in [0.1, 0.15) is 5.56 Å². The summed E-state index contributed by atoms with van der Waals surface area (Å²) >= 11 is 0. The zero-order valence-electron chi connectivity index (χ0n) is 11.6. The van der Waals surface area contributed by atoms with Gasteiger partial charge in [0.25, 0.3) is 0 Å². The minimum absolute atomic E-state index is 0.0641. The second-order valence-corrected chi connectivity index (χ2v) is 5.21. The second-order valence-electron chi connectivity index (χ2n) is 5.21. The fourth-order valence-electron chi connectivity index (χ4n) is 2.86. The molecule has 0 amide bonds. The first-order valence-electron chi connectivity index (χ1n) is 6.97. The van der Waals surface area contributed by atoms with Crippen molar-refractivity contribution in [2.24, 2.45) is 0 Å². The summed E-state index contributed by atoms with van der Waals surface area (Å²) in [5.74, 6) is -0.472. The van der Waals surface area contributed by atoms with Crippen LogP contribution in [0.25, 0.3) is 32.9 Å². The minimum atomic E-state index is -0.472. The van der Waals surface area contributed by atoms with E-state index < -0.39 is 5.82 Å². The first-order valence-corrected chi connectivity index (χ1v) is 6.97. The third-order valence-corrected chi connectivity index (χ3v) is 3.94. The highest BCUT2D eigenvalue weighted by atomic mass is 19.1. The standard InChI is InChI=1S/C19H11FN2/c20-19-13(11-21)4-3-6-14(19)12-8-9-16-15-5-1-2-7-17(15)22-18(16)10-12/h1-10,22H. The van der Waals surface area contributed by atoms with E-state index in [1.807, 2.05) is 42.5 Å². The van der Waals surface area contributed by atoms with Gasteiger partial charge in [0, 0.05) is 27.4 Å². The van der Waals surface area contributed by atoms with E-state index in [0.29, 0.717) is 5.56 Å². The summed E-state index contributed by atoms with van der Waals surface area (Å²) in [6.45, 7) is 0. The number of para-hydroxylation sites is 1. The Labute approximate surface area is 126 Å². The van der Waals surface area contributed by atoms with Gasteiger partial charge < -0.3 is 4.98 Å². The number of rotatable bonds is 1. The average molecular weight is 286 g/mol.